The van der Waals surface area contributed by atoms with E-state index in [0.29, 0.717) is 29.6 Å². The SMILES string of the molecule is CCCCCONCC1C2CCC(O2)C1CCc1ccc(C(=O)O)cc1. The van der Waals surface area contributed by atoms with Crippen LogP contribution in [0.2, 0.25) is 0 Å². The third kappa shape index (κ3) is 4.84. The van der Waals surface area contributed by atoms with Crippen molar-refractivity contribution in [2.45, 2.75) is 64.1 Å². The molecule has 1 aromatic rings. The Morgan fingerprint density at radius 3 is 2.62 bits per heavy atom. The van der Waals surface area contributed by atoms with Crippen molar-refractivity contribution >= 4 is 5.97 Å². The van der Waals surface area contributed by atoms with Gasteiger partial charge < -0.3 is 14.7 Å². The molecule has 2 aliphatic heterocycles. The lowest BCUT2D eigenvalue weighted by atomic mass is 9.76. The highest BCUT2D eigenvalue weighted by Crippen LogP contribution is 2.45. The van der Waals surface area contributed by atoms with E-state index in [1.54, 1.807) is 12.1 Å². The number of aryl methyl sites for hydroxylation is 1. The highest BCUT2D eigenvalue weighted by Gasteiger charge is 2.48. The highest BCUT2D eigenvalue weighted by molar-refractivity contribution is 5.87. The monoisotopic (exact) mass is 361 g/mol. The third-order valence-electron chi connectivity index (χ3n) is 5.83. The van der Waals surface area contributed by atoms with Crippen molar-refractivity contribution in [1.29, 1.82) is 0 Å². The van der Waals surface area contributed by atoms with E-state index < -0.39 is 5.97 Å². The Bertz CT molecular complexity index is 574. The van der Waals surface area contributed by atoms with Crippen molar-refractivity contribution in [2.75, 3.05) is 13.2 Å². The maximum Gasteiger partial charge on any atom is 0.335 e. The molecule has 3 rings (SSSR count). The van der Waals surface area contributed by atoms with Gasteiger partial charge in [-0.2, -0.15) is 0 Å². The molecule has 5 heteroatoms. The number of carboxylic acids is 1. The Labute approximate surface area is 156 Å². The summed E-state index contributed by atoms with van der Waals surface area (Å²) in [6, 6.07) is 7.25. The average molecular weight is 361 g/mol. The zero-order valence-electron chi connectivity index (χ0n) is 15.7. The lowest BCUT2D eigenvalue weighted by Gasteiger charge is -2.28. The van der Waals surface area contributed by atoms with Gasteiger partial charge in [0.1, 0.15) is 0 Å². The van der Waals surface area contributed by atoms with Crippen LogP contribution in [0.15, 0.2) is 24.3 Å². The number of hydrogen-bond donors (Lipinski definition) is 2. The zero-order chi connectivity index (χ0) is 18.4. The standard InChI is InChI=1S/C21H31NO4/c1-2-3-4-13-25-22-14-18-17(19-11-12-20(18)26-19)10-7-15-5-8-16(9-6-15)21(23)24/h5-6,8-9,17-20,22H,2-4,7,10-14H2,1H3,(H,23,24). The molecule has 0 radical (unpaired) electrons. The topological polar surface area (TPSA) is 67.8 Å². The number of aromatic carboxylic acids is 1. The van der Waals surface area contributed by atoms with Gasteiger partial charge in [-0.1, -0.05) is 31.9 Å². The Hall–Kier alpha value is -1.43. The Morgan fingerprint density at radius 1 is 1.19 bits per heavy atom. The van der Waals surface area contributed by atoms with Crippen molar-refractivity contribution in [3.8, 4) is 0 Å². The van der Waals surface area contributed by atoms with E-state index >= 15 is 0 Å². The quantitative estimate of drug-likeness (QED) is 0.463. The first-order valence-electron chi connectivity index (χ1n) is 10.0. The van der Waals surface area contributed by atoms with Gasteiger partial charge in [-0.15, -0.1) is 0 Å². The van der Waals surface area contributed by atoms with Crippen LogP contribution in [0.3, 0.4) is 0 Å². The lowest BCUT2D eigenvalue weighted by molar-refractivity contribution is 0.0178. The van der Waals surface area contributed by atoms with Crippen LogP contribution in [0, 0.1) is 11.8 Å². The second-order valence-corrected chi connectivity index (χ2v) is 7.56. The normalized spacial score (nSPS) is 27.1. The molecule has 0 aromatic heterocycles. The highest BCUT2D eigenvalue weighted by atomic mass is 16.6. The second-order valence-electron chi connectivity index (χ2n) is 7.56. The average Bonchev–Trinajstić information content (AvgIpc) is 3.25. The number of nitrogens with one attached hydrogen (secondary N) is 1. The van der Waals surface area contributed by atoms with Crippen LogP contribution in [0.25, 0.3) is 0 Å². The number of carboxylic acid groups (broad SMARTS) is 1. The van der Waals surface area contributed by atoms with Gasteiger partial charge in [-0.05, 0) is 55.7 Å². The number of unbranched alkanes of at least 4 members (excludes halogenated alkanes) is 2. The summed E-state index contributed by atoms with van der Waals surface area (Å²) in [4.78, 5) is 16.5. The first-order chi connectivity index (χ1) is 12.7. The van der Waals surface area contributed by atoms with Gasteiger partial charge in [-0.3, -0.25) is 0 Å². The van der Waals surface area contributed by atoms with E-state index in [4.69, 9.17) is 14.7 Å². The first kappa shape index (κ1) is 19.3. The number of fused-ring (bicyclic) bond motifs is 2. The summed E-state index contributed by atoms with van der Waals surface area (Å²) in [7, 11) is 0. The van der Waals surface area contributed by atoms with Crippen LogP contribution in [0.5, 0.6) is 0 Å². The van der Waals surface area contributed by atoms with Crippen LogP contribution < -0.4 is 5.48 Å². The molecule has 5 nitrogen and oxygen atoms in total. The van der Waals surface area contributed by atoms with Gasteiger partial charge in [0.15, 0.2) is 0 Å². The maximum atomic E-state index is 11.0. The minimum Gasteiger partial charge on any atom is -0.478 e. The summed E-state index contributed by atoms with van der Waals surface area (Å²) < 4.78 is 6.16. The van der Waals surface area contributed by atoms with E-state index in [1.807, 2.05) is 12.1 Å². The van der Waals surface area contributed by atoms with Gasteiger partial charge in [0, 0.05) is 12.5 Å². The van der Waals surface area contributed by atoms with E-state index in [2.05, 4.69) is 12.4 Å². The second kappa shape index (κ2) is 9.49. The van der Waals surface area contributed by atoms with Gasteiger partial charge in [0.25, 0.3) is 0 Å². The molecule has 4 unspecified atom stereocenters. The fourth-order valence-corrected chi connectivity index (χ4v) is 4.35. The minimum atomic E-state index is -0.872. The predicted octanol–water partition coefficient (Wildman–Crippen LogP) is 3.82. The molecule has 2 saturated heterocycles. The van der Waals surface area contributed by atoms with Crippen molar-refractivity contribution in [1.82, 2.24) is 5.48 Å². The van der Waals surface area contributed by atoms with E-state index in [1.165, 1.54) is 24.8 Å². The molecule has 0 amide bonds. The van der Waals surface area contributed by atoms with E-state index in [9.17, 15) is 4.79 Å². The van der Waals surface area contributed by atoms with E-state index in [-0.39, 0.29) is 0 Å². The number of hydrogen-bond acceptors (Lipinski definition) is 4. The molecule has 144 valence electrons. The molecule has 2 aliphatic rings. The Kier molecular flexibility index (Phi) is 7.06. The van der Waals surface area contributed by atoms with Crippen LogP contribution in [0.1, 0.15) is 61.4 Å². The smallest absolute Gasteiger partial charge is 0.335 e. The van der Waals surface area contributed by atoms with E-state index in [0.717, 1.165) is 38.8 Å². The third-order valence-corrected chi connectivity index (χ3v) is 5.83. The van der Waals surface area contributed by atoms with Gasteiger partial charge >= 0.3 is 5.97 Å². The molecule has 2 N–H and O–H groups in total. The number of rotatable bonds is 11. The summed E-state index contributed by atoms with van der Waals surface area (Å²) in [6.07, 6.45) is 8.64. The predicted molar refractivity (Wildman–Crippen MR) is 100 cm³/mol. The Morgan fingerprint density at radius 2 is 1.92 bits per heavy atom. The van der Waals surface area contributed by atoms with Gasteiger partial charge in [-0.25, -0.2) is 10.3 Å². The lowest BCUT2D eigenvalue weighted by Crippen LogP contribution is -2.36. The molecule has 0 saturated carbocycles. The van der Waals surface area contributed by atoms with Crippen LogP contribution in [-0.4, -0.2) is 36.4 Å². The fourth-order valence-electron chi connectivity index (χ4n) is 4.35. The molecular formula is C21H31NO4. The molecular weight excluding hydrogens is 330 g/mol. The number of benzene rings is 1. The molecule has 2 heterocycles. The minimum absolute atomic E-state index is 0.347. The van der Waals surface area contributed by atoms with Crippen LogP contribution in [-0.2, 0) is 16.0 Å². The van der Waals surface area contributed by atoms with Crippen LogP contribution in [0.4, 0.5) is 0 Å². The van der Waals surface area contributed by atoms with Crippen LogP contribution >= 0.6 is 0 Å². The van der Waals surface area contributed by atoms with Crippen molar-refractivity contribution in [3.05, 3.63) is 35.4 Å². The van der Waals surface area contributed by atoms with Crippen molar-refractivity contribution < 1.29 is 19.5 Å². The van der Waals surface area contributed by atoms with Gasteiger partial charge in [0.05, 0.1) is 24.4 Å². The summed E-state index contributed by atoms with van der Waals surface area (Å²) in [5, 5.41) is 9.00. The molecule has 4 atom stereocenters. The van der Waals surface area contributed by atoms with Gasteiger partial charge in [0.2, 0.25) is 0 Å². The molecule has 26 heavy (non-hydrogen) atoms. The largest absolute Gasteiger partial charge is 0.478 e. The Balaban J connectivity index is 1.46. The number of ether oxygens (including phenoxy) is 1. The van der Waals surface area contributed by atoms with Crippen molar-refractivity contribution in [2.24, 2.45) is 11.8 Å². The number of carbonyl (C=O) groups is 1. The fraction of sp³-hybridized carbons (Fsp3) is 0.667. The summed E-state index contributed by atoms with van der Waals surface area (Å²) >= 11 is 0. The molecule has 2 fully saturated rings. The molecule has 2 bridgehead atoms. The first-order valence-corrected chi connectivity index (χ1v) is 10.0. The number of hydroxylamine groups is 1. The van der Waals surface area contributed by atoms with Crippen molar-refractivity contribution in [3.63, 3.8) is 0 Å². The molecule has 0 aliphatic carbocycles. The molecule has 0 spiro atoms. The zero-order valence-corrected chi connectivity index (χ0v) is 15.7. The molecule has 1 aromatic carbocycles. The summed E-state index contributed by atoms with van der Waals surface area (Å²) in [6.45, 7) is 3.83. The summed E-state index contributed by atoms with van der Waals surface area (Å²) in [5.41, 5.74) is 4.72. The summed E-state index contributed by atoms with van der Waals surface area (Å²) in [5.74, 6) is 0.195. The maximum absolute atomic E-state index is 11.0.